The molecule has 0 bridgehead atoms. The topological polar surface area (TPSA) is 35.2 Å². The second-order valence-electron chi connectivity index (χ2n) is 2.61. The van der Waals surface area contributed by atoms with Crippen LogP contribution in [0.5, 0.6) is 0 Å². The quantitative estimate of drug-likeness (QED) is 0.575. The first kappa shape index (κ1) is 9.92. The first-order valence-corrected chi connectivity index (χ1v) is 4.13. The molecule has 62 valence electrons. The zero-order valence-electron chi connectivity index (χ0n) is 7.10. The molecule has 0 heterocycles. The molecule has 0 saturated carbocycles. The van der Waals surface area contributed by atoms with Crippen LogP contribution in [-0.4, -0.2) is 19.3 Å². The molecule has 0 aliphatic heterocycles. The summed E-state index contributed by atoms with van der Waals surface area (Å²) >= 11 is 0. The summed E-state index contributed by atoms with van der Waals surface area (Å²) in [6.07, 6.45) is 3.75. The number of nitrogens with two attached hydrogens (primary N) is 1. The van der Waals surface area contributed by atoms with E-state index >= 15 is 0 Å². The molecule has 0 aliphatic rings. The minimum atomic E-state index is 0.413. The lowest BCUT2D eigenvalue weighted by atomic mass is 10.2. The molecular formula is C8H19NO. The van der Waals surface area contributed by atoms with E-state index in [9.17, 15) is 0 Å². The molecule has 2 heteroatoms. The highest BCUT2D eigenvalue weighted by atomic mass is 16.5. The Kier molecular flexibility index (Phi) is 6.98. The van der Waals surface area contributed by atoms with E-state index in [1.54, 1.807) is 0 Å². The fourth-order valence-electron chi connectivity index (χ4n) is 0.858. The average Bonchev–Trinajstić information content (AvgIpc) is 1.89. The molecule has 2 nitrogen and oxygen atoms in total. The molecule has 0 rings (SSSR count). The van der Waals surface area contributed by atoms with Gasteiger partial charge in [-0.1, -0.05) is 13.3 Å². The van der Waals surface area contributed by atoms with Crippen LogP contribution in [0.4, 0.5) is 0 Å². The van der Waals surface area contributed by atoms with E-state index in [2.05, 4.69) is 13.8 Å². The fraction of sp³-hybridized carbons (Fsp3) is 1.00. The van der Waals surface area contributed by atoms with Crippen molar-refractivity contribution in [1.82, 2.24) is 0 Å². The molecule has 1 atom stereocenters. The Balaban J connectivity index is 2.97. The molecule has 0 aliphatic carbocycles. The fourth-order valence-corrected chi connectivity index (χ4v) is 0.858. The minimum absolute atomic E-state index is 0.413. The molecule has 0 aromatic heterocycles. The number of hydrogen-bond acceptors (Lipinski definition) is 2. The first-order valence-electron chi connectivity index (χ1n) is 4.13. The lowest BCUT2D eigenvalue weighted by molar-refractivity contribution is 0.0593. The Labute approximate surface area is 63.7 Å². The Morgan fingerprint density at radius 3 is 2.70 bits per heavy atom. The molecule has 0 radical (unpaired) electrons. The van der Waals surface area contributed by atoms with Crippen molar-refractivity contribution in [2.75, 3.05) is 13.2 Å². The summed E-state index contributed by atoms with van der Waals surface area (Å²) < 4.78 is 5.44. The lowest BCUT2D eigenvalue weighted by Crippen LogP contribution is -2.11. The summed E-state index contributed by atoms with van der Waals surface area (Å²) in [6, 6.07) is 0. The third kappa shape index (κ3) is 6.05. The van der Waals surface area contributed by atoms with Crippen LogP contribution in [-0.2, 0) is 4.74 Å². The van der Waals surface area contributed by atoms with Crippen molar-refractivity contribution in [2.24, 2.45) is 5.73 Å². The van der Waals surface area contributed by atoms with E-state index in [4.69, 9.17) is 10.5 Å². The standard InChI is InChI=1S/C8H19NO/c1-3-5-8(2)10-7-4-6-9/h8H,3-7,9H2,1-2H3. The second kappa shape index (κ2) is 7.03. The number of hydrogen-bond donors (Lipinski definition) is 1. The average molecular weight is 145 g/mol. The smallest absolute Gasteiger partial charge is 0.0546 e. The third-order valence-electron chi connectivity index (χ3n) is 1.45. The van der Waals surface area contributed by atoms with Crippen molar-refractivity contribution >= 4 is 0 Å². The van der Waals surface area contributed by atoms with E-state index < -0.39 is 0 Å². The van der Waals surface area contributed by atoms with Crippen molar-refractivity contribution < 1.29 is 4.74 Å². The van der Waals surface area contributed by atoms with Crippen molar-refractivity contribution in [3.05, 3.63) is 0 Å². The zero-order valence-corrected chi connectivity index (χ0v) is 7.10. The Bertz CT molecular complexity index is 66.3. The van der Waals surface area contributed by atoms with Gasteiger partial charge in [-0.15, -0.1) is 0 Å². The maximum Gasteiger partial charge on any atom is 0.0546 e. The minimum Gasteiger partial charge on any atom is -0.378 e. The van der Waals surface area contributed by atoms with Crippen molar-refractivity contribution in [3.63, 3.8) is 0 Å². The van der Waals surface area contributed by atoms with Crippen molar-refractivity contribution in [2.45, 2.75) is 39.2 Å². The summed E-state index contributed by atoms with van der Waals surface area (Å²) in [5.74, 6) is 0. The van der Waals surface area contributed by atoms with Crippen LogP contribution >= 0.6 is 0 Å². The van der Waals surface area contributed by atoms with E-state index in [-0.39, 0.29) is 0 Å². The molecule has 0 aromatic rings. The molecule has 0 saturated heterocycles. The molecule has 0 spiro atoms. The molecule has 1 unspecified atom stereocenters. The van der Waals surface area contributed by atoms with Gasteiger partial charge in [-0.05, 0) is 26.3 Å². The number of rotatable bonds is 6. The summed E-state index contributed by atoms with van der Waals surface area (Å²) in [4.78, 5) is 0. The first-order chi connectivity index (χ1) is 4.81. The molecule has 0 fully saturated rings. The van der Waals surface area contributed by atoms with E-state index in [1.165, 1.54) is 6.42 Å². The van der Waals surface area contributed by atoms with Gasteiger partial charge in [0.25, 0.3) is 0 Å². The molecule has 2 N–H and O–H groups in total. The monoisotopic (exact) mass is 145 g/mol. The van der Waals surface area contributed by atoms with Gasteiger partial charge in [0.15, 0.2) is 0 Å². The van der Waals surface area contributed by atoms with Gasteiger partial charge in [-0.2, -0.15) is 0 Å². The van der Waals surface area contributed by atoms with Crippen LogP contribution < -0.4 is 5.73 Å². The van der Waals surface area contributed by atoms with Gasteiger partial charge in [0.2, 0.25) is 0 Å². The van der Waals surface area contributed by atoms with Crippen LogP contribution in [0.15, 0.2) is 0 Å². The van der Waals surface area contributed by atoms with Gasteiger partial charge in [0.1, 0.15) is 0 Å². The Hall–Kier alpha value is -0.0800. The summed E-state index contributed by atoms with van der Waals surface area (Å²) in [5, 5.41) is 0. The lowest BCUT2D eigenvalue weighted by Gasteiger charge is -2.10. The Morgan fingerprint density at radius 2 is 2.20 bits per heavy atom. The molecular weight excluding hydrogens is 126 g/mol. The van der Waals surface area contributed by atoms with Gasteiger partial charge in [0, 0.05) is 6.61 Å². The summed E-state index contributed by atoms with van der Waals surface area (Å²) in [6.45, 7) is 5.83. The highest BCUT2D eigenvalue weighted by molar-refractivity contribution is 4.47. The van der Waals surface area contributed by atoms with E-state index in [1.807, 2.05) is 0 Å². The van der Waals surface area contributed by atoms with E-state index in [0.29, 0.717) is 6.10 Å². The maximum atomic E-state index is 5.44. The summed E-state index contributed by atoms with van der Waals surface area (Å²) in [5.41, 5.74) is 5.31. The van der Waals surface area contributed by atoms with Crippen LogP contribution in [0.1, 0.15) is 33.1 Å². The zero-order chi connectivity index (χ0) is 7.82. The predicted molar refractivity (Wildman–Crippen MR) is 44.0 cm³/mol. The highest BCUT2D eigenvalue weighted by Gasteiger charge is 1.97. The van der Waals surface area contributed by atoms with Crippen LogP contribution in [0.3, 0.4) is 0 Å². The molecule has 0 amide bonds. The van der Waals surface area contributed by atoms with Gasteiger partial charge >= 0.3 is 0 Å². The van der Waals surface area contributed by atoms with Gasteiger partial charge in [0.05, 0.1) is 6.10 Å². The third-order valence-corrected chi connectivity index (χ3v) is 1.45. The van der Waals surface area contributed by atoms with Gasteiger partial charge < -0.3 is 10.5 Å². The maximum absolute atomic E-state index is 5.44. The number of ether oxygens (including phenoxy) is 1. The van der Waals surface area contributed by atoms with Gasteiger partial charge in [-0.3, -0.25) is 0 Å². The SMILES string of the molecule is CCCC(C)OCCCN. The molecule has 0 aromatic carbocycles. The Morgan fingerprint density at radius 1 is 1.50 bits per heavy atom. The second-order valence-corrected chi connectivity index (χ2v) is 2.61. The van der Waals surface area contributed by atoms with E-state index in [0.717, 1.165) is 26.0 Å². The van der Waals surface area contributed by atoms with Crippen molar-refractivity contribution in [3.8, 4) is 0 Å². The van der Waals surface area contributed by atoms with Gasteiger partial charge in [-0.25, -0.2) is 0 Å². The largest absolute Gasteiger partial charge is 0.378 e. The van der Waals surface area contributed by atoms with Crippen molar-refractivity contribution in [1.29, 1.82) is 0 Å². The molecule has 10 heavy (non-hydrogen) atoms. The van der Waals surface area contributed by atoms with Crippen LogP contribution in [0.25, 0.3) is 0 Å². The van der Waals surface area contributed by atoms with Crippen LogP contribution in [0, 0.1) is 0 Å². The predicted octanol–water partition coefficient (Wildman–Crippen LogP) is 1.54. The summed E-state index contributed by atoms with van der Waals surface area (Å²) in [7, 11) is 0. The van der Waals surface area contributed by atoms with Crippen LogP contribution in [0.2, 0.25) is 0 Å². The highest BCUT2D eigenvalue weighted by Crippen LogP contribution is 2.00. The normalized spacial score (nSPS) is 13.5.